The average molecular weight is 308 g/mol. The smallest absolute Gasteiger partial charge is 0.242 e. The Kier molecular flexibility index (Phi) is 4.28. The van der Waals surface area contributed by atoms with Crippen LogP contribution >= 0.6 is 0 Å². The van der Waals surface area contributed by atoms with Gasteiger partial charge < -0.3 is 9.88 Å². The second-order valence-corrected chi connectivity index (χ2v) is 5.60. The van der Waals surface area contributed by atoms with Crippen LogP contribution in [0.4, 0.5) is 0 Å². The third-order valence-electron chi connectivity index (χ3n) is 3.87. The summed E-state index contributed by atoms with van der Waals surface area (Å²) in [7, 11) is 0. The highest BCUT2D eigenvalue weighted by molar-refractivity contribution is 5.76. The molecule has 0 aliphatic carbocycles. The number of benzene rings is 1. The Morgan fingerprint density at radius 1 is 1.22 bits per heavy atom. The second kappa shape index (κ2) is 6.52. The number of hydrogen-bond acceptors (Lipinski definition) is 2. The van der Waals surface area contributed by atoms with Gasteiger partial charge in [0, 0.05) is 30.0 Å². The van der Waals surface area contributed by atoms with Gasteiger partial charge in [0.2, 0.25) is 5.91 Å². The molecule has 5 nitrogen and oxygen atoms in total. The molecular formula is C18H20N4O. The summed E-state index contributed by atoms with van der Waals surface area (Å²) in [6.45, 7) is 4.16. The Labute approximate surface area is 135 Å². The van der Waals surface area contributed by atoms with Gasteiger partial charge in [0.15, 0.2) is 0 Å². The summed E-state index contributed by atoms with van der Waals surface area (Å²) in [5.74, 6) is -0.0457. The molecule has 0 fully saturated rings. The van der Waals surface area contributed by atoms with Crippen LogP contribution in [0.1, 0.15) is 24.2 Å². The zero-order chi connectivity index (χ0) is 16.2. The number of aromatic nitrogens is 3. The van der Waals surface area contributed by atoms with Crippen molar-refractivity contribution in [1.29, 1.82) is 0 Å². The molecule has 0 aliphatic rings. The van der Waals surface area contributed by atoms with Gasteiger partial charge in [0.05, 0.1) is 6.04 Å². The molecule has 1 unspecified atom stereocenters. The molecule has 2 heterocycles. The number of aryl methyl sites for hydroxylation is 1. The predicted molar refractivity (Wildman–Crippen MR) is 89.3 cm³/mol. The first-order valence-electron chi connectivity index (χ1n) is 7.64. The molecule has 0 radical (unpaired) electrons. The maximum atomic E-state index is 12.2. The molecule has 1 atom stereocenters. The Hall–Kier alpha value is -2.82. The third kappa shape index (κ3) is 3.51. The first-order chi connectivity index (χ1) is 11.1. The lowest BCUT2D eigenvalue weighted by molar-refractivity contribution is -0.122. The van der Waals surface area contributed by atoms with E-state index in [9.17, 15) is 4.79 Å². The largest absolute Gasteiger partial charge is 0.348 e. The normalized spacial score (nSPS) is 12.1. The van der Waals surface area contributed by atoms with Crippen LogP contribution in [-0.2, 0) is 11.3 Å². The molecule has 1 aromatic carbocycles. The van der Waals surface area contributed by atoms with Gasteiger partial charge in [0.25, 0.3) is 0 Å². The van der Waals surface area contributed by atoms with Crippen molar-refractivity contribution in [2.75, 3.05) is 0 Å². The number of carbonyl (C=O) groups is 1. The molecule has 23 heavy (non-hydrogen) atoms. The quantitative estimate of drug-likeness (QED) is 0.788. The molecule has 0 saturated carbocycles. The van der Waals surface area contributed by atoms with Gasteiger partial charge in [-0.25, -0.2) is 0 Å². The highest BCUT2D eigenvalue weighted by Gasteiger charge is 2.11. The molecule has 0 spiro atoms. The van der Waals surface area contributed by atoms with Crippen molar-refractivity contribution in [3.8, 4) is 5.69 Å². The van der Waals surface area contributed by atoms with Crippen LogP contribution in [0.3, 0.4) is 0 Å². The van der Waals surface area contributed by atoms with Crippen molar-refractivity contribution in [3.05, 3.63) is 72.3 Å². The van der Waals surface area contributed by atoms with E-state index >= 15 is 0 Å². The zero-order valence-electron chi connectivity index (χ0n) is 13.3. The van der Waals surface area contributed by atoms with E-state index in [1.165, 1.54) is 0 Å². The fraction of sp³-hybridized carbons (Fsp3) is 0.222. The predicted octanol–water partition coefficient (Wildman–Crippen LogP) is 2.86. The molecule has 118 valence electrons. The highest BCUT2D eigenvalue weighted by atomic mass is 16.2. The third-order valence-corrected chi connectivity index (χ3v) is 3.87. The molecule has 3 aromatic rings. The van der Waals surface area contributed by atoms with Gasteiger partial charge in [-0.15, -0.1) is 0 Å². The van der Waals surface area contributed by atoms with E-state index in [0.717, 1.165) is 16.9 Å². The fourth-order valence-electron chi connectivity index (χ4n) is 2.53. The van der Waals surface area contributed by atoms with Crippen LogP contribution in [-0.4, -0.2) is 20.3 Å². The molecular weight excluding hydrogens is 288 g/mol. The van der Waals surface area contributed by atoms with Crippen LogP contribution in [0.15, 0.2) is 61.1 Å². The van der Waals surface area contributed by atoms with Crippen molar-refractivity contribution < 1.29 is 4.79 Å². The molecule has 0 aliphatic heterocycles. The maximum Gasteiger partial charge on any atom is 0.242 e. The zero-order valence-corrected chi connectivity index (χ0v) is 13.3. The fourth-order valence-corrected chi connectivity index (χ4v) is 2.53. The minimum atomic E-state index is -0.0612. The molecule has 1 N–H and O–H groups in total. The summed E-state index contributed by atoms with van der Waals surface area (Å²) in [4.78, 5) is 12.2. The van der Waals surface area contributed by atoms with E-state index in [4.69, 9.17) is 0 Å². The van der Waals surface area contributed by atoms with Gasteiger partial charge in [-0.05, 0) is 49.7 Å². The van der Waals surface area contributed by atoms with Crippen LogP contribution in [0.25, 0.3) is 5.69 Å². The van der Waals surface area contributed by atoms with Crippen molar-refractivity contribution in [2.45, 2.75) is 26.4 Å². The number of hydrogen-bond donors (Lipinski definition) is 1. The maximum absolute atomic E-state index is 12.2. The van der Waals surface area contributed by atoms with E-state index in [1.54, 1.807) is 10.9 Å². The summed E-state index contributed by atoms with van der Waals surface area (Å²) in [6, 6.07) is 14.0. The Morgan fingerprint density at radius 3 is 2.70 bits per heavy atom. The Bertz CT molecular complexity index is 789. The molecule has 2 aromatic heterocycles. The standard InChI is InChI=1S/C18H20N4O/c1-14-8-9-19-22(14)13-18(23)20-15(2)16-6-5-7-17(12-16)21-10-3-4-11-21/h3-12,15H,13H2,1-2H3,(H,20,23). The van der Waals surface area contributed by atoms with Gasteiger partial charge in [0.1, 0.15) is 6.54 Å². The molecule has 0 saturated heterocycles. The van der Waals surface area contributed by atoms with Crippen LogP contribution in [0, 0.1) is 6.92 Å². The second-order valence-electron chi connectivity index (χ2n) is 5.60. The van der Waals surface area contributed by atoms with Crippen LogP contribution < -0.4 is 5.32 Å². The van der Waals surface area contributed by atoms with Crippen molar-refractivity contribution in [1.82, 2.24) is 19.7 Å². The molecule has 1 amide bonds. The van der Waals surface area contributed by atoms with E-state index in [-0.39, 0.29) is 18.5 Å². The summed E-state index contributed by atoms with van der Waals surface area (Å²) in [5, 5.41) is 7.16. The molecule has 0 bridgehead atoms. The van der Waals surface area contributed by atoms with E-state index in [1.807, 2.05) is 67.2 Å². The Balaban J connectivity index is 1.68. The SMILES string of the molecule is Cc1ccnn1CC(=O)NC(C)c1cccc(-n2cccc2)c1. The first kappa shape index (κ1) is 15.1. The van der Waals surface area contributed by atoms with Crippen molar-refractivity contribution in [3.63, 3.8) is 0 Å². The highest BCUT2D eigenvalue weighted by Crippen LogP contribution is 2.17. The van der Waals surface area contributed by atoms with Gasteiger partial charge >= 0.3 is 0 Å². The number of amides is 1. The lowest BCUT2D eigenvalue weighted by Gasteiger charge is -2.16. The van der Waals surface area contributed by atoms with Crippen LogP contribution in [0.5, 0.6) is 0 Å². The summed E-state index contributed by atoms with van der Waals surface area (Å²) in [6.07, 6.45) is 5.71. The van der Waals surface area contributed by atoms with Gasteiger partial charge in [-0.3, -0.25) is 9.48 Å². The monoisotopic (exact) mass is 308 g/mol. The first-order valence-corrected chi connectivity index (χ1v) is 7.64. The van der Waals surface area contributed by atoms with Crippen LogP contribution in [0.2, 0.25) is 0 Å². The minimum Gasteiger partial charge on any atom is -0.348 e. The molecule has 3 rings (SSSR count). The topological polar surface area (TPSA) is 51.9 Å². The lowest BCUT2D eigenvalue weighted by Crippen LogP contribution is -2.30. The summed E-state index contributed by atoms with van der Waals surface area (Å²) >= 11 is 0. The number of carbonyl (C=O) groups excluding carboxylic acids is 1. The number of rotatable bonds is 5. The number of nitrogens with one attached hydrogen (secondary N) is 1. The van der Waals surface area contributed by atoms with E-state index in [2.05, 4.69) is 16.5 Å². The minimum absolute atomic E-state index is 0.0457. The number of nitrogens with zero attached hydrogens (tertiary/aromatic N) is 3. The summed E-state index contributed by atoms with van der Waals surface area (Å²) < 4.78 is 3.74. The average Bonchev–Trinajstić information content (AvgIpc) is 3.20. The van der Waals surface area contributed by atoms with Crippen molar-refractivity contribution in [2.24, 2.45) is 0 Å². The van der Waals surface area contributed by atoms with Gasteiger partial charge in [-0.1, -0.05) is 12.1 Å². The van der Waals surface area contributed by atoms with E-state index in [0.29, 0.717) is 0 Å². The molecule has 5 heteroatoms. The van der Waals surface area contributed by atoms with Gasteiger partial charge in [-0.2, -0.15) is 5.10 Å². The van der Waals surface area contributed by atoms with E-state index < -0.39 is 0 Å². The lowest BCUT2D eigenvalue weighted by atomic mass is 10.1. The van der Waals surface area contributed by atoms with Crippen molar-refractivity contribution >= 4 is 5.91 Å². The Morgan fingerprint density at radius 2 is 2.00 bits per heavy atom. The summed E-state index contributed by atoms with van der Waals surface area (Å²) in [5.41, 5.74) is 3.13.